The average Bonchev–Trinajstić information content (AvgIpc) is 3.03. The summed E-state index contributed by atoms with van der Waals surface area (Å²) in [6, 6.07) is 50.7. The lowest BCUT2D eigenvalue weighted by Gasteiger charge is -2.03. The molecular formula is C36H30N2S3. The fourth-order valence-corrected chi connectivity index (χ4v) is 5.21. The van der Waals surface area contributed by atoms with Crippen LogP contribution in [0.5, 0.6) is 0 Å². The van der Waals surface area contributed by atoms with Gasteiger partial charge in [0.1, 0.15) is 10.0 Å². The third-order valence-corrected chi connectivity index (χ3v) is 7.39. The lowest BCUT2D eigenvalue weighted by atomic mass is 10.2. The van der Waals surface area contributed by atoms with Crippen LogP contribution >= 0.6 is 35.7 Å². The van der Waals surface area contributed by atoms with Crippen LogP contribution in [0, 0.1) is 0 Å². The Labute approximate surface area is 257 Å². The number of aliphatic imine (C=N–C) groups is 1. The zero-order valence-electron chi connectivity index (χ0n) is 22.4. The maximum atomic E-state index is 5.24. The Hall–Kier alpha value is -4.16. The number of hydrogen-bond donors (Lipinski definition) is 1. The summed E-state index contributed by atoms with van der Waals surface area (Å²) in [7, 11) is 0. The molecule has 0 aliphatic rings. The van der Waals surface area contributed by atoms with E-state index in [1.165, 1.54) is 9.79 Å². The number of thioether (sulfide) groups is 2. The zero-order valence-corrected chi connectivity index (χ0v) is 24.9. The van der Waals surface area contributed by atoms with Gasteiger partial charge in [0.2, 0.25) is 0 Å². The molecule has 0 aromatic heterocycles. The quantitative estimate of drug-likeness (QED) is 0.0642. The summed E-state index contributed by atoms with van der Waals surface area (Å²) in [5.74, 6) is 0. The number of para-hydroxylation sites is 2. The SMILES string of the molecule is C(=CC(=Nc1ccccc1)Sc1ccccc1)Sc1ccccc1.S=C(C=Cc1ccccc1)Nc1ccccc1. The van der Waals surface area contributed by atoms with Crippen molar-refractivity contribution in [1.82, 2.24) is 0 Å². The maximum absolute atomic E-state index is 5.24. The van der Waals surface area contributed by atoms with E-state index in [-0.39, 0.29) is 0 Å². The van der Waals surface area contributed by atoms with E-state index < -0.39 is 0 Å². The van der Waals surface area contributed by atoms with Crippen molar-refractivity contribution in [3.8, 4) is 0 Å². The van der Waals surface area contributed by atoms with Crippen LogP contribution in [0.25, 0.3) is 6.08 Å². The number of anilines is 1. The fraction of sp³-hybridized carbons (Fsp3) is 0. The van der Waals surface area contributed by atoms with Crippen molar-refractivity contribution in [2.24, 2.45) is 4.99 Å². The summed E-state index contributed by atoms with van der Waals surface area (Å²) in [5.41, 5.74) is 3.12. The average molecular weight is 587 g/mol. The number of benzene rings is 5. The molecule has 0 saturated heterocycles. The minimum atomic E-state index is 0.708. The first kappa shape index (κ1) is 29.8. The summed E-state index contributed by atoms with van der Waals surface area (Å²) in [6.45, 7) is 0. The summed E-state index contributed by atoms with van der Waals surface area (Å²) in [5, 5.41) is 6.22. The van der Waals surface area contributed by atoms with Gasteiger partial charge in [-0.15, -0.1) is 0 Å². The Kier molecular flexibility index (Phi) is 12.7. The lowest BCUT2D eigenvalue weighted by molar-refractivity contribution is 1.47. The van der Waals surface area contributed by atoms with Crippen molar-refractivity contribution in [2.75, 3.05) is 5.32 Å². The van der Waals surface area contributed by atoms with Gasteiger partial charge < -0.3 is 5.32 Å². The van der Waals surface area contributed by atoms with Crippen molar-refractivity contribution in [1.29, 1.82) is 0 Å². The van der Waals surface area contributed by atoms with Crippen LogP contribution in [0.1, 0.15) is 5.56 Å². The van der Waals surface area contributed by atoms with Crippen molar-refractivity contribution in [3.63, 3.8) is 0 Å². The van der Waals surface area contributed by atoms with Gasteiger partial charge in [0.25, 0.3) is 0 Å². The minimum Gasteiger partial charge on any atom is -0.347 e. The first-order valence-electron chi connectivity index (χ1n) is 13.1. The number of hydrogen-bond acceptors (Lipinski definition) is 4. The first-order valence-corrected chi connectivity index (χ1v) is 15.2. The molecule has 0 bridgehead atoms. The van der Waals surface area contributed by atoms with E-state index in [0.717, 1.165) is 22.0 Å². The van der Waals surface area contributed by atoms with E-state index >= 15 is 0 Å². The molecule has 202 valence electrons. The molecule has 5 aromatic rings. The highest BCUT2D eigenvalue weighted by molar-refractivity contribution is 8.14. The summed E-state index contributed by atoms with van der Waals surface area (Å²) < 4.78 is 0. The standard InChI is InChI=1S/C21H17NS2.C15H13NS/c1-4-10-18(11-5-1)22-21(24-20-14-8-3-9-15-20)16-17-23-19-12-6-2-7-13-19;17-15(16-14-9-5-2-6-10-14)12-11-13-7-3-1-4-8-13/h1-17H;1-12H,(H,16,17). The lowest BCUT2D eigenvalue weighted by Crippen LogP contribution is -2.04. The van der Waals surface area contributed by atoms with Crippen LogP contribution in [0.15, 0.2) is 184 Å². The van der Waals surface area contributed by atoms with Gasteiger partial charge in [-0.2, -0.15) is 0 Å². The van der Waals surface area contributed by atoms with Crippen molar-refractivity contribution < 1.29 is 0 Å². The molecule has 0 heterocycles. The molecule has 1 N–H and O–H groups in total. The van der Waals surface area contributed by atoms with E-state index in [4.69, 9.17) is 17.2 Å². The van der Waals surface area contributed by atoms with E-state index in [1.54, 1.807) is 23.5 Å². The summed E-state index contributed by atoms with van der Waals surface area (Å²) in [4.78, 5) is 7.87. The predicted molar refractivity (Wildman–Crippen MR) is 185 cm³/mol. The van der Waals surface area contributed by atoms with Crippen LogP contribution < -0.4 is 5.32 Å². The van der Waals surface area contributed by atoms with Gasteiger partial charge in [-0.1, -0.05) is 145 Å². The second-order valence-corrected chi connectivity index (χ2v) is 11.0. The topological polar surface area (TPSA) is 24.4 Å². The van der Waals surface area contributed by atoms with Crippen molar-refractivity contribution in [3.05, 3.63) is 175 Å². The van der Waals surface area contributed by atoms with Crippen LogP contribution in [-0.2, 0) is 0 Å². The van der Waals surface area contributed by atoms with Crippen LogP contribution in [0.2, 0.25) is 0 Å². The molecule has 0 atom stereocenters. The first-order chi connectivity index (χ1) is 20.2. The highest BCUT2D eigenvalue weighted by Gasteiger charge is 2.00. The van der Waals surface area contributed by atoms with Crippen LogP contribution in [0.3, 0.4) is 0 Å². The molecule has 0 radical (unpaired) electrons. The van der Waals surface area contributed by atoms with Gasteiger partial charge in [-0.25, -0.2) is 4.99 Å². The molecule has 5 aromatic carbocycles. The molecule has 5 rings (SSSR count). The molecule has 0 spiro atoms. The van der Waals surface area contributed by atoms with Gasteiger partial charge in [-0.3, -0.25) is 0 Å². The van der Waals surface area contributed by atoms with Crippen LogP contribution in [-0.4, -0.2) is 10.0 Å². The Morgan fingerprint density at radius 1 is 0.585 bits per heavy atom. The largest absolute Gasteiger partial charge is 0.347 e. The molecular weight excluding hydrogens is 557 g/mol. The van der Waals surface area contributed by atoms with Crippen molar-refractivity contribution >= 4 is 63.2 Å². The minimum absolute atomic E-state index is 0.708. The van der Waals surface area contributed by atoms with Gasteiger partial charge in [0.15, 0.2) is 0 Å². The molecule has 2 nitrogen and oxygen atoms in total. The Morgan fingerprint density at radius 2 is 1.10 bits per heavy atom. The van der Waals surface area contributed by atoms with Gasteiger partial charge in [0.05, 0.1) is 5.69 Å². The molecule has 0 fully saturated rings. The number of rotatable bonds is 8. The third-order valence-electron chi connectivity index (χ3n) is 5.39. The van der Waals surface area contributed by atoms with Crippen LogP contribution in [0.4, 0.5) is 11.4 Å². The molecule has 0 unspecified atom stereocenters. The number of nitrogens with one attached hydrogen (secondary N) is 1. The smallest absolute Gasteiger partial charge is 0.103 e. The number of nitrogens with zero attached hydrogens (tertiary/aromatic N) is 1. The Morgan fingerprint density at radius 3 is 1.71 bits per heavy atom. The van der Waals surface area contributed by atoms with E-state index in [1.807, 2.05) is 140 Å². The molecule has 0 saturated carbocycles. The zero-order chi connectivity index (χ0) is 28.4. The van der Waals surface area contributed by atoms with E-state index in [9.17, 15) is 0 Å². The highest BCUT2D eigenvalue weighted by atomic mass is 32.2. The molecule has 41 heavy (non-hydrogen) atoms. The molecule has 5 heteroatoms. The van der Waals surface area contributed by atoms with Crippen molar-refractivity contribution in [2.45, 2.75) is 9.79 Å². The Bertz CT molecular complexity index is 1540. The summed E-state index contributed by atoms with van der Waals surface area (Å²) >= 11 is 8.60. The van der Waals surface area contributed by atoms with Gasteiger partial charge in [-0.05, 0) is 71.7 Å². The third kappa shape index (κ3) is 11.9. The van der Waals surface area contributed by atoms with Gasteiger partial charge in [0, 0.05) is 15.5 Å². The Balaban J connectivity index is 0.000000201. The number of thiocarbonyl (C=S) groups is 1. The normalized spacial score (nSPS) is 11.2. The monoisotopic (exact) mass is 586 g/mol. The second kappa shape index (κ2) is 17.5. The fourth-order valence-electron chi connectivity index (χ4n) is 3.44. The second-order valence-electron chi connectivity index (χ2n) is 8.53. The van der Waals surface area contributed by atoms with E-state index in [2.05, 4.69) is 41.1 Å². The predicted octanol–water partition coefficient (Wildman–Crippen LogP) is 11.0. The summed E-state index contributed by atoms with van der Waals surface area (Å²) in [6.07, 6.45) is 5.97. The molecule has 0 aliphatic carbocycles. The maximum Gasteiger partial charge on any atom is 0.103 e. The molecule has 0 amide bonds. The molecule has 0 aliphatic heterocycles. The highest BCUT2D eigenvalue weighted by Crippen LogP contribution is 2.25. The van der Waals surface area contributed by atoms with E-state index in [0.29, 0.717) is 4.99 Å². The van der Waals surface area contributed by atoms with Gasteiger partial charge >= 0.3 is 0 Å².